The topological polar surface area (TPSA) is 44.5 Å². The van der Waals surface area contributed by atoms with Gasteiger partial charge in [-0.25, -0.2) is 0 Å². The predicted octanol–water partition coefficient (Wildman–Crippen LogP) is 6.49. The van der Waals surface area contributed by atoms with Crippen molar-refractivity contribution in [3.63, 3.8) is 0 Å². The molecule has 0 atom stereocenters. The van der Waals surface area contributed by atoms with Gasteiger partial charge >= 0.3 is 0 Å². The number of hydrogen-bond donors (Lipinski definition) is 0. The first-order valence-electron chi connectivity index (χ1n) is 7.35. The van der Waals surface area contributed by atoms with Gasteiger partial charge in [-0.2, -0.15) is 0 Å². The lowest BCUT2D eigenvalue weighted by Crippen LogP contribution is -1.94. The van der Waals surface area contributed by atoms with Gasteiger partial charge < -0.3 is 13.6 Å². The number of benzene rings is 1. The van der Waals surface area contributed by atoms with Crippen LogP contribution in [-0.4, -0.2) is 18.4 Å². The van der Waals surface area contributed by atoms with Crippen molar-refractivity contribution in [3.05, 3.63) is 39.6 Å². The average Bonchev–Trinajstić information content (AvgIpc) is 2.87. The second-order valence-corrected chi connectivity index (χ2v) is 11.8. The highest BCUT2D eigenvalue weighted by Gasteiger charge is 2.24. The molecule has 0 saturated carbocycles. The van der Waals surface area contributed by atoms with Crippen molar-refractivity contribution in [2.45, 2.75) is 26.5 Å². The third-order valence-electron chi connectivity index (χ3n) is 3.13. The molecule has 132 valence electrons. The van der Waals surface area contributed by atoms with Crippen LogP contribution in [0.5, 0.6) is 0 Å². The average molecular weight is 426 g/mol. The molecule has 1 aromatic carbocycles. The van der Waals surface area contributed by atoms with Crippen LogP contribution in [0.4, 0.5) is 0 Å². The summed E-state index contributed by atoms with van der Waals surface area (Å²) in [6.07, 6.45) is 0. The standard InChI is InChI=1S/C15H18Cl2NO3PS2/c1-4-19-22(23,20-5-2)24-9-11-10(3)21-18-15(11)14-12(16)7-6-8-13(14)17/h6-8H,4-5,9H2,1-3H3. The summed E-state index contributed by atoms with van der Waals surface area (Å²) in [5.41, 5.74) is -0.217. The first-order valence-corrected chi connectivity index (χ1v) is 12.3. The molecule has 2 rings (SSSR count). The maximum absolute atomic E-state index is 6.30. The first kappa shape index (κ1) is 20.2. The Balaban J connectivity index is 2.33. The van der Waals surface area contributed by atoms with Gasteiger partial charge in [0.2, 0.25) is 5.69 Å². The summed E-state index contributed by atoms with van der Waals surface area (Å²) < 4.78 is 16.7. The van der Waals surface area contributed by atoms with E-state index in [-0.39, 0.29) is 0 Å². The van der Waals surface area contributed by atoms with E-state index in [2.05, 4.69) is 5.16 Å². The Morgan fingerprint density at radius 2 is 1.79 bits per heavy atom. The lowest BCUT2D eigenvalue weighted by molar-refractivity contribution is 0.280. The Hall–Kier alpha value is -0.0700. The number of nitrogens with zero attached hydrogens (tertiary/aromatic N) is 1. The van der Waals surface area contributed by atoms with Crippen molar-refractivity contribution in [1.82, 2.24) is 5.16 Å². The molecule has 0 amide bonds. The Morgan fingerprint density at radius 1 is 1.21 bits per heavy atom. The van der Waals surface area contributed by atoms with Crippen LogP contribution in [0, 0.1) is 6.92 Å². The van der Waals surface area contributed by atoms with E-state index in [1.165, 1.54) is 11.4 Å². The SMILES string of the molecule is CCOP(=S)(OCC)SCc1c(-c2c(Cl)cccc2Cl)noc1C. The second-order valence-electron chi connectivity index (χ2n) is 4.72. The maximum Gasteiger partial charge on any atom is 0.247 e. The van der Waals surface area contributed by atoms with Crippen LogP contribution in [0.25, 0.3) is 11.3 Å². The number of aryl methyl sites for hydroxylation is 1. The van der Waals surface area contributed by atoms with E-state index in [9.17, 15) is 0 Å². The molecule has 0 unspecified atom stereocenters. The van der Waals surface area contributed by atoms with Gasteiger partial charge in [0.15, 0.2) is 0 Å². The van der Waals surface area contributed by atoms with Crippen LogP contribution >= 0.6 is 40.3 Å². The Bertz CT molecular complexity index is 724. The highest BCUT2D eigenvalue weighted by molar-refractivity contribution is 8.67. The Kier molecular flexibility index (Phi) is 7.62. The third kappa shape index (κ3) is 4.76. The Labute approximate surface area is 161 Å². The summed E-state index contributed by atoms with van der Waals surface area (Å²) >= 11 is 19.6. The van der Waals surface area contributed by atoms with E-state index in [4.69, 9.17) is 48.6 Å². The van der Waals surface area contributed by atoms with E-state index >= 15 is 0 Å². The van der Waals surface area contributed by atoms with Crippen LogP contribution in [0.3, 0.4) is 0 Å². The lowest BCUT2D eigenvalue weighted by atomic mass is 10.1. The maximum atomic E-state index is 6.30. The fourth-order valence-corrected chi connectivity index (χ4v) is 7.16. The predicted molar refractivity (Wildman–Crippen MR) is 106 cm³/mol. The second kappa shape index (κ2) is 9.04. The van der Waals surface area contributed by atoms with Crippen LogP contribution in [0.1, 0.15) is 25.2 Å². The molecule has 0 saturated heterocycles. The minimum Gasteiger partial charge on any atom is -0.361 e. The van der Waals surface area contributed by atoms with Gasteiger partial charge in [-0.1, -0.05) is 45.8 Å². The molecule has 4 nitrogen and oxygen atoms in total. The van der Waals surface area contributed by atoms with Crippen LogP contribution in [0.2, 0.25) is 10.0 Å². The van der Waals surface area contributed by atoms with Crippen molar-refractivity contribution in [2.75, 3.05) is 13.2 Å². The molecule has 0 aliphatic rings. The first-order chi connectivity index (χ1) is 11.4. The minimum atomic E-state index is -2.40. The summed E-state index contributed by atoms with van der Waals surface area (Å²) in [6, 6.07) is 5.34. The zero-order chi connectivity index (χ0) is 17.7. The summed E-state index contributed by atoms with van der Waals surface area (Å²) in [6.45, 7) is 6.68. The molecule has 0 radical (unpaired) electrons. The molecule has 1 heterocycles. The molecule has 1 aromatic heterocycles. The van der Waals surface area contributed by atoms with Gasteiger partial charge in [0.25, 0.3) is 0 Å². The fourth-order valence-electron chi connectivity index (χ4n) is 2.05. The third-order valence-corrected chi connectivity index (χ3v) is 9.19. The zero-order valence-corrected chi connectivity index (χ0v) is 17.6. The highest BCUT2D eigenvalue weighted by Crippen LogP contribution is 2.62. The van der Waals surface area contributed by atoms with Gasteiger partial charge in [0, 0.05) is 16.9 Å². The molecule has 2 aromatic rings. The largest absolute Gasteiger partial charge is 0.361 e. The van der Waals surface area contributed by atoms with Gasteiger partial charge in [-0.05, 0) is 44.7 Å². The smallest absolute Gasteiger partial charge is 0.247 e. The van der Waals surface area contributed by atoms with Gasteiger partial charge in [-0.15, -0.1) is 0 Å². The van der Waals surface area contributed by atoms with Crippen LogP contribution in [0.15, 0.2) is 22.7 Å². The van der Waals surface area contributed by atoms with E-state index in [0.29, 0.717) is 46.0 Å². The van der Waals surface area contributed by atoms with Gasteiger partial charge in [0.1, 0.15) is 11.5 Å². The summed E-state index contributed by atoms with van der Waals surface area (Å²) in [7, 11) is 0. The highest BCUT2D eigenvalue weighted by atomic mass is 35.5. The molecular weight excluding hydrogens is 408 g/mol. The lowest BCUT2D eigenvalue weighted by Gasteiger charge is -2.20. The molecule has 0 bridgehead atoms. The number of rotatable bonds is 8. The number of halogens is 2. The molecule has 24 heavy (non-hydrogen) atoms. The number of hydrogen-bond acceptors (Lipinski definition) is 6. The molecule has 0 aliphatic heterocycles. The summed E-state index contributed by atoms with van der Waals surface area (Å²) in [5, 5.41) is 5.19. The van der Waals surface area contributed by atoms with E-state index in [1.807, 2.05) is 20.8 Å². The van der Waals surface area contributed by atoms with Crippen molar-refractivity contribution < 1.29 is 13.6 Å². The van der Waals surface area contributed by atoms with E-state index < -0.39 is 5.69 Å². The van der Waals surface area contributed by atoms with Crippen molar-refractivity contribution in [3.8, 4) is 11.3 Å². The van der Waals surface area contributed by atoms with Gasteiger partial charge in [-0.3, -0.25) is 0 Å². The monoisotopic (exact) mass is 425 g/mol. The van der Waals surface area contributed by atoms with E-state index in [1.54, 1.807) is 18.2 Å². The van der Waals surface area contributed by atoms with Crippen LogP contribution < -0.4 is 0 Å². The molecule has 0 fully saturated rings. The quantitative estimate of drug-likeness (QED) is 0.450. The summed E-state index contributed by atoms with van der Waals surface area (Å²) in [4.78, 5) is 0. The van der Waals surface area contributed by atoms with Gasteiger partial charge in [0.05, 0.1) is 23.3 Å². The molecular formula is C15H18Cl2NO3PS2. The minimum absolute atomic E-state index is 0.510. The van der Waals surface area contributed by atoms with Crippen molar-refractivity contribution in [2.24, 2.45) is 0 Å². The number of aromatic nitrogens is 1. The molecule has 0 spiro atoms. The van der Waals surface area contributed by atoms with Crippen molar-refractivity contribution >= 4 is 52.1 Å². The molecule has 9 heteroatoms. The van der Waals surface area contributed by atoms with Crippen LogP contribution in [-0.2, 0) is 26.6 Å². The summed E-state index contributed by atoms with van der Waals surface area (Å²) in [5.74, 6) is 1.24. The normalized spacial score (nSPS) is 11.9. The zero-order valence-electron chi connectivity index (χ0n) is 13.5. The van der Waals surface area contributed by atoms with E-state index in [0.717, 1.165) is 5.56 Å². The fraction of sp³-hybridized carbons (Fsp3) is 0.400. The Morgan fingerprint density at radius 3 is 2.33 bits per heavy atom. The van der Waals surface area contributed by atoms with Crippen molar-refractivity contribution in [1.29, 1.82) is 0 Å². The molecule has 0 N–H and O–H groups in total. The molecule has 0 aliphatic carbocycles.